The molecule has 0 aliphatic carbocycles. The summed E-state index contributed by atoms with van der Waals surface area (Å²) in [4.78, 5) is 44.4. The zero-order chi connectivity index (χ0) is 24.9. The summed E-state index contributed by atoms with van der Waals surface area (Å²) in [6.07, 6.45) is 7.14. The number of aliphatic hydroxyl groups excluding tert-OH is 1. The first kappa shape index (κ1) is 24.0. The highest BCUT2D eigenvalue weighted by Crippen LogP contribution is 2.54. The van der Waals surface area contributed by atoms with Gasteiger partial charge in [0.05, 0.1) is 31.3 Å². The number of esters is 1. The third-order valence-electron chi connectivity index (χ3n) is 7.51. The molecule has 2 saturated heterocycles. The summed E-state index contributed by atoms with van der Waals surface area (Å²) in [5.41, 5.74) is -0.730. The predicted molar refractivity (Wildman–Crippen MR) is 129 cm³/mol. The summed E-state index contributed by atoms with van der Waals surface area (Å²) in [5, 5.41) is 10.8. The molecule has 1 aromatic rings. The summed E-state index contributed by atoms with van der Waals surface area (Å²) in [7, 11) is 0. The van der Waals surface area contributed by atoms with E-state index in [0.29, 0.717) is 17.1 Å². The van der Waals surface area contributed by atoms with Crippen LogP contribution in [0.1, 0.15) is 20.3 Å². The van der Waals surface area contributed by atoms with E-state index in [9.17, 15) is 19.5 Å². The Bertz CT molecular complexity index is 1090. The van der Waals surface area contributed by atoms with Crippen molar-refractivity contribution in [1.82, 2.24) is 4.90 Å². The van der Waals surface area contributed by atoms with Gasteiger partial charge in [-0.1, -0.05) is 49.8 Å². The number of ether oxygens (including phenoxy) is 2. The van der Waals surface area contributed by atoms with Crippen molar-refractivity contribution in [2.45, 2.75) is 44.1 Å². The number of cyclic esters (lactones) is 1. The molecule has 0 saturated carbocycles. The number of rotatable bonds is 4. The number of carbonyl (C=O) groups excluding carboxylic acids is 3. The normalized spacial score (nSPS) is 33.1. The Morgan fingerprint density at radius 3 is 2.57 bits per heavy atom. The molecule has 0 radical (unpaired) electrons. The average Bonchev–Trinajstić information content (AvgIpc) is 3.19. The lowest BCUT2D eigenvalue weighted by atomic mass is 9.77. The average molecular weight is 501 g/mol. The number of fused-ring (bicyclic) bond motifs is 2. The van der Waals surface area contributed by atoms with Gasteiger partial charge in [0.2, 0.25) is 5.91 Å². The quantitative estimate of drug-likeness (QED) is 0.503. The maximum atomic E-state index is 14.2. The van der Waals surface area contributed by atoms with Crippen LogP contribution in [0.15, 0.2) is 48.6 Å². The second kappa shape index (κ2) is 9.08. The third kappa shape index (κ3) is 3.70. The molecule has 4 heterocycles. The molecule has 35 heavy (non-hydrogen) atoms. The second-order valence-corrected chi connectivity index (χ2v) is 10.2. The fourth-order valence-electron chi connectivity index (χ4n) is 5.88. The summed E-state index contributed by atoms with van der Waals surface area (Å²) in [5.74, 6) is -3.16. The summed E-state index contributed by atoms with van der Waals surface area (Å²) >= 11 is 6.06. The van der Waals surface area contributed by atoms with Crippen molar-refractivity contribution in [3.8, 4) is 0 Å². The third-order valence-corrected chi connectivity index (χ3v) is 7.76. The lowest BCUT2D eigenvalue weighted by Gasteiger charge is -2.39. The summed E-state index contributed by atoms with van der Waals surface area (Å²) in [6, 6.07) is 5.23. The van der Waals surface area contributed by atoms with Gasteiger partial charge in [0.15, 0.2) is 0 Å². The van der Waals surface area contributed by atoms with Crippen LogP contribution in [-0.2, 0) is 23.9 Å². The van der Waals surface area contributed by atoms with Crippen LogP contribution in [0.5, 0.6) is 0 Å². The molecule has 186 valence electrons. The van der Waals surface area contributed by atoms with Crippen molar-refractivity contribution in [1.29, 1.82) is 0 Å². The van der Waals surface area contributed by atoms with E-state index in [1.54, 1.807) is 41.3 Å². The fourth-order valence-corrected chi connectivity index (χ4v) is 6.00. The van der Waals surface area contributed by atoms with Gasteiger partial charge in [-0.2, -0.15) is 0 Å². The van der Waals surface area contributed by atoms with Crippen LogP contribution in [0.4, 0.5) is 5.69 Å². The van der Waals surface area contributed by atoms with Crippen LogP contribution < -0.4 is 4.90 Å². The van der Waals surface area contributed by atoms with E-state index >= 15 is 0 Å². The van der Waals surface area contributed by atoms with Gasteiger partial charge in [-0.15, -0.1) is 0 Å². The van der Waals surface area contributed by atoms with E-state index in [1.165, 1.54) is 4.90 Å². The fraction of sp³-hybridized carbons (Fsp3) is 0.500. The molecule has 1 spiro atoms. The highest BCUT2D eigenvalue weighted by Gasteiger charge is 2.72. The molecule has 1 N–H and O–H groups in total. The Morgan fingerprint density at radius 1 is 1.14 bits per heavy atom. The van der Waals surface area contributed by atoms with Gasteiger partial charge >= 0.3 is 5.97 Å². The van der Waals surface area contributed by atoms with E-state index in [0.717, 1.165) is 0 Å². The Hall–Kier alpha value is -2.68. The topological polar surface area (TPSA) is 96.4 Å². The van der Waals surface area contributed by atoms with Gasteiger partial charge in [-0.3, -0.25) is 14.4 Å². The Labute approximate surface area is 209 Å². The molecule has 9 heteroatoms. The molecule has 4 aliphatic rings. The Kier molecular flexibility index (Phi) is 6.23. The van der Waals surface area contributed by atoms with Gasteiger partial charge in [0.25, 0.3) is 5.91 Å². The Morgan fingerprint density at radius 2 is 1.89 bits per heavy atom. The van der Waals surface area contributed by atoms with Crippen LogP contribution in [0.3, 0.4) is 0 Å². The van der Waals surface area contributed by atoms with Gasteiger partial charge in [0.1, 0.15) is 17.6 Å². The SMILES string of the molecule is CC(C)[C@H](CO)N1C(=O)[C@@H]2[C@@H]3C(=O)OCCC=C[C@@H]3O[C@@]23C=CCN(c2ccc(Cl)cc2)C(=O)C13. The predicted octanol–water partition coefficient (Wildman–Crippen LogP) is 2.34. The van der Waals surface area contributed by atoms with Crippen LogP contribution in [0, 0.1) is 17.8 Å². The molecule has 0 aromatic heterocycles. The molecule has 1 aromatic carbocycles. The van der Waals surface area contributed by atoms with Crippen molar-refractivity contribution in [3.63, 3.8) is 0 Å². The lowest BCUT2D eigenvalue weighted by molar-refractivity contribution is -0.155. The van der Waals surface area contributed by atoms with Crippen molar-refractivity contribution in [2.24, 2.45) is 17.8 Å². The zero-order valence-electron chi connectivity index (χ0n) is 19.7. The highest BCUT2D eigenvalue weighted by atomic mass is 35.5. The first-order valence-corrected chi connectivity index (χ1v) is 12.4. The zero-order valence-corrected chi connectivity index (χ0v) is 20.4. The van der Waals surface area contributed by atoms with Gasteiger partial charge in [-0.05, 0) is 36.6 Å². The molecule has 6 atom stereocenters. The number of hydrogen-bond donors (Lipinski definition) is 1. The van der Waals surface area contributed by atoms with Gasteiger partial charge in [0, 0.05) is 17.3 Å². The first-order chi connectivity index (χ1) is 16.8. The molecule has 8 nitrogen and oxygen atoms in total. The van der Waals surface area contributed by atoms with Crippen LogP contribution >= 0.6 is 11.6 Å². The van der Waals surface area contributed by atoms with Crippen LogP contribution in [0.2, 0.25) is 5.02 Å². The number of nitrogens with zero attached hydrogens (tertiary/aromatic N) is 2. The summed E-state index contributed by atoms with van der Waals surface area (Å²) in [6.45, 7) is 3.94. The molecule has 4 aliphatic heterocycles. The minimum Gasteiger partial charge on any atom is -0.465 e. The number of benzene rings is 1. The largest absolute Gasteiger partial charge is 0.465 e. The second-order valence-electron chi connectivity index (χ2n) is 9.79. The first-order valence-electron chi connectivity index (χ1n) is 12.0. The van der Waals surface area contributed by atoms with Crippen molar-refractivity contribution < 1.29 is 29.0 Å². The molecular formula is C26H29ClN2O6. The smallest absolute Gasteiger partial charge is 0.312 e. The van der Waals surface area contributed by atoms with E-state index in [2.05, 4.69) is 0 Å². The van der Waals surface area contributed by atoms with Gasteiger partial charge < -0.3 is 24.4 Å². The number of halogens is 1. The number of aliphatic hydroxyl groups is 1. The maximum absolute atomic E-state index is 14.2. The van der Waals surface area contributed by atoms with Crippen molar-refractivity contribution >= 4 is 35.1 Å². The van der Waals surface area contributed by atoms with E-state index in [1.807, 2.05) is 26.0 Å². The number of hydrogen-bond acceptors (Lipinski definition) is 6. The monoisotopic (exact) mass is 500 g/mol. The Balaban J connectivity index is 1.66. The number of likely N-dealkylation sites (tertiary alicyclic amines) is 1. The standard InChI is InChI=1S/C26H29ClN2O6/c1-15(2)18(14-30)29-22-24(32)28(17-9-7-16(27)8-10-17)12-5-11-26(22)21(23(29)31)20-19(35-26)6-3-4-13-34-25(20)33/h3,5-11,15,18-22,30H,4,12-14H2,1-2H3/t18-,19-,20+,21-,22?,26-/m0/s1. The highest BCUT2D eigenvalue weighted by molar-refractivity contribution is 6.30. The van der Waals surface area contributed by atoms with Crippen molar-refractivity contribution in [3.05, 3.63) is 53.6 Å². The minimum absolute atomic E-state index is 0.135. The van der Waals surface area contributed by atoms with E-state index in [4.69, 9.17) is 21.1 Å². The van der Waals surface area contributed by atoms with Gasteiger partial charge in [-0.25, -0.2) is 0 Å². The molecule has 0 bridgehead atoms. The molecule has 5 rings (SSSR count). The molecule has 2 fully saturated rings. The number of anilines is 1. The summed E-state index contributed by atoms with van der Waals surface area (Å²) < 4.78 is 12.0. The number of carbonyl (C=O) groups is 3. The van der Waals surface area contributed by atoms with Crippen LogP contribution in [-0.4, -0.2) is 71.3 Å². The minimum atomic E-state index is -1.36. The molecular weight excluding hydrogens is 472 g/mol. The number of amides is 2. The van der Waals surface area contributed by atoms with Crippen molar-refractivity contribution in [2.75, 3.05) is 24.7 Å². The lowest BCUT2D eigenvalue weighted by Crippen LogP contribution is -2.59. The van der Waals surface area contributed by atoms with E-state index < -0.39 is 41.6 Å². The molecule has 2 amide bonds. The maximum Gasteiger partial charge on any atom is 0.312 e. The van der Waals surface area contributed by atoms with Crippen LogP contribution in [0.25, 0.3) is 0 Å². The molecule has 1 unspecified atom stereocenters. The van der Waals surface area contributed by atoms with E-state index in [-0.39, 0.29) is 37.5 Å².